The molecule has 2 heterocycles. The predicted octanol–water partition coefficient (Wildman–Crippen LogP) is 3.12. The first-order valence-electron chi connectivity index (χ1n) is 9.60. The number of sulfonamides is 1. The predicted molar refractivity (Wildman–Crippen MR) is 109 cm³/mol. The number of hydrogen-bond acceptors (Lipinski definition) is 4. The number of carbonyl (C=O) groups is 1. The lowest BCUT2D eigenvalue weighted by atomic mass is 9.98. The number of imidazole rings is 1. The van der Waals surface area contributed by atoms with Crippen LogP contribution in [-0.2, 0) is 14.8 Å². The molecule has 0 unspecified atom stereocenters. The lowest BCUT2D eigenvalue weighted by Crippen LogP contribution is -2.43. The molecular formula is C20H28N4O3S. The lowest BCUT2D eigenvalue weighted by Gasteiger charge is -2.30. The van der Waals surface area contributed by atoms with E-state index >= 15 is 0 Å². The summed E-state index contributed by atoms with van der Waals surface area (Å²) >= 11 is 0. The number of aryl methyl sites for hydroxylation is 2. The Kier molecular flexibility index (Phi) is 5.90. The van der Waals surface area contributed by atoms with Crippen molar-refractivity contribution in [3.8, 4) is 0 Å². The summed E-state index contributed by atoms with van der Waals surface area (Å²) in [6.45, 7) is 8.43. The molecule has 152 valence electrons. The molecule has 2 aromatic rings. The van der Waals surface area contributed by atoms with E-state index in [0.29, 0.717) is 19.4 Å². The van der Waals surface area contributed by atoms with E-state index in [1.165, 1.54) is 10.6 Å². The maximum absolute atomic E-state index is 13.0. The molecule has 7 nitrogen and oxygen atoms in total. The van der Waals surface area contributed by atoms with Gasteiger partial charge in [0.1, 0.15) is 0 Å². The number of rotatable bonds is 5. The average Bonchev–Trinajstić information content (AvgIpc) is 3.16. The number of carbonyl (C=O) groups excluding carboxylic acids is 1. The fourth-order valence-electron chi connectivity index (χ4n) is 3.35. The molecule has 28 heavy (non-hydrogen) atoms. The van der Waals surface area contributed by atoms with E-state index in [0.717, 1.165) is 16.8 Å². The van der Waals surface area contributed by atoms with Gasteiger partial charge in [-0.25, -0.2) is 13.4 Å². The van der Waals surface area contributed by atoms with Gasteiger partial charge < -0.3 is 9.88 Å². The standard InChI is InChI=1S/C20H28N4O3S/c1-14(2)23-12-19(21-13-23)28(26,27)24-9-5-6-17(11-24)20(25)22-18-10-15(3)7-8-16(18)4/h7-8,10,12-14,17H,5-6,9,11H2,1-4H3,(H,22,25)/t17-/m0/s1. The van der Waals surface area contributed by atoms with Crippen molar-refractivity contribution in [1.29, 1.82) is 0 Å². The molecule has 1 aromatic heterocycles. The van der Waals surface area contributed by atoms with Crippen LogP contribution in [0.1, 0.15) is 43.9 Å². The molecule has 0 aliphatic carbocycles. The van der Waals surface area contributed by atoms with Crippen LogP contribution in [0.2, 0.25) is 0 Å². The van der Waals surface area contributed by atoms with Gasteiger partial charge in [0.15, 0.2) is 5.03 Å². The first kappa shape index (κ1) is 20.5. The van der Waals surface area contributed by atoms with E-state index in [2.05, 4.69) is 10.3 Å². The van der Waals surface area contributed by atoms with Gasteiger partial charge in [-0.05, 0) is 57.7 Å². The quantitative estimate of drug-likeness (QED) is 0.830. The van der Waals surface area contributed by atoms with E-state index in [1.807, 2.05) is 45.9 Å². The fourth-order valence-corrected chi connectivity index (χ4v) is 4.79. The summed E-state index contributed by atoms with van der Waals surface area (Å²) in [6, 6.07) is 6.03. The van der Waals surface area contributed by atoms with Gasteiger partial charge in [0.25, 0.3) is 10.0 Å². The summed E-state index contributed by atoms with van der Waals surface area (Å²) in [7, 11) is -3.71. The number of piperidine rings is 1. The zero-order valence-electron chi connectivity index (χ0n) is 16.8. The third kappa shape index (κ3) is 4.28. The van der Waals surface area contributed by atoms with Gasteiger partial charge in [0.2, 0.25) is 5.91 Å². The van der Waals surface area contributed by atoms with E-state index in [4.69, 9.17) is 0 Å². The minimum Gasteiger partial charge on any atom is -0.334 e. The molecule has 3 rings (SSSR count). The van der Waals surface area contributed by atoms with Crippen LogP contribution in [0.25, 0.3) is 0 Å². The smallest absolute Gasteiger partial charge is 0.262 e. The minimum atomic E-state index is -3.71. The maximum Gasteiger partial charge on any atom is 0.262 e. The molecule has 1 N–H and O–H groups in total. The molecule has 8 heteroatoms. The Morgan fingerprint density at radius 1 is 1.29 bits per heavy atom. The summed E-state index contributed by atoms with van der Waals surface area (Å²) < 4.78 is 29.1. The van der Waals surface area contributed by atoms with Crippen molar-refractivity contribution in [2.45, 2.75) is 51.6 Å². The number of nitrogens with zero attached hydrogens (tertiary/aromatic N) is 3. The molecule has 0 saturated carbocycles. The highest BCUT2D eigenvalue weighted by Crippen LogP contribution is 2.25. The fraction of sp³-hybridized carbons (Fsp3) is 0.500. The van der Waals surface area contributed by atoms with Crippen molar-refractivity contribution >= 4 is 21.6 Å². The number of anilines is 1. The Morgan fingerprint density at radius 2 is 2.04 bits per heavy atom. The second kappa shape index (κ2) is 8.05. The SMILES string of the molecule is Cc1ccc(C)c(NC(=O)[C@H]2CCCN(S(=O)(=O)c3cn(C(C)C)cn3)C2)c1. The summed E-state index contributed by atoms with van der Waals surface area (Å²) in [4.78, 5) is 16.9. The normalized spacial score (nSPS) is 18.4. The first-order valence-corrected chi connectivity index (χ1v) is 11.0. The molecule has 1 amide bonds. The van der Waals surface area contributed by atoms with Gasteiger partial charge in [-0.15, -0.1) is 0 Å². The molecule has 1 aliphatic rings. The van der Waals surface area contributed by atoms with Gasteiger partial charge >= 0.3 is 0 Å². The topological polar surface area (TPSA) is 84.3 Å². The van der Waals surface area contributed by atoms with Crippen LogP contribution in [0.3, 0.4) is 0 Å². The monoisotopic (exact) mass is 404 g/mol. The largest absolute Gasteiger partial charge is 0.334 e. The van der Waals surface area contributed by atoms with Gasteiger partial charge in [-0.3, -0.25) is 4.79 Å². The van der Waals surface area contributed by atoms with Crippen molar-refractivity contribution < 1.29 is 13.2 Å². The average molecular weight is 405 g/mol. The Balaban J connectivity index is 1.74. The number of nitrogens with one attached hydrogen (secondary N) is 1. The van der Waals surface area contributed by atoms with Crippen molar-refractivity contribution in [3.63, 3.8) is 0 Å². The number of amides is 1. The van der Waals surface area contributed by atoms with E-state index in [9.17, 15) is 13.2 Å². The third-order valence-electron chi connectivity index (χ3n) is 5.18. The van der Waals surface area contributed by atoms with Crippen molar-refractivity contribution in [3.05, 3.63) is 41.9 Å². The van der Waals surface area contributed by atoms with Crippen molar-refractivity contribution in [2.24, 2.45) is 5.92 Å². The highest BCUT2D eigenvalue weighted by atomic mass is 32.2. The van der Waals surface area contributed by atoms with Crippen LogP contribution in [-0.4, -0.2) is 41.3 Å². The van der Waals surface area contributed by atoms with E-state index < -0.39 is 10.0 Å². The Morgan fingerprint density at radius 3 is 2.71 bits per heavy atom. The molecule has 0 spiro atoms. The number of benzene rings is 1. The van der Waals surface area contributed by atoms with Gasteiger partial charge in [0, 0.05) is 31.0 Å². The molecule has 1 aromatic carbocycles. The van der Waals surface area contributed by atoms with Crippen LogP contribution < -0.4 is 5.32 Å². The second-order valence-electron chi connectivity index (χ2n) is 7.76. The lowest BCUT2D eigenvalue weighted by molar-refractivity contribution is -0.120. The molecule has 1 aliphatic heterocycles. The molecule has 0 radical (unpaired) electrons. The number of aromatic nitrogens is 2. The highest BCUT2D eigenvalue weighted by Gasteiger charge is 2.34. The van der Waals surface area contributed by atoms with Gasteiger partial charge in [-0.2, -0.15) is 4.31 Å². The van der Waals surface area contributed by atoms with Crippen LogP contribution in [0.4, 0.5) is 5.69 Å². The third-order valence-corrected chi connectivity index (χ3v) is 6.94. The molecule has 1 atom stereocenters. The Hall–Kier alpha value is -2.19. The van der Waals surface area contributed by atoms with Crippen LogP contribution in [0.5, 0.6) is 0 Å². The minimum absolute atomic E-state index is 0.0387. The van der Waals surface area contributed by atoms with Crippen molar-refractivity contribution in [2.75, 3.05) is 18.4 Å². The molecular weight excluding hydrogens is 376 g/mol. The van der Waals surface area contributed by atoms with Crippen LogP contribution >= 0.6 is 0 Å². The number of hydrogen-bond donors (Lipinski definition) is 1. The summed E-state index contributed by atoms with van der Waals surface area (Å²) in [6.07, 6.45) is 4.41. The zero-order valence-corrected chi connectivity index (χ0v) is 17.7. The second-order valence-corrected chi connectivity index (χ2v) is 9.65. The van der Waals surface area contributed by atoms with Gasteiger partial charge in [-0.1, -0.05) is 12.1 Å². The maximum atomic E-state index is 13.0. The van der Waals surface area contributed by atoms with Crippen molar-refractivity contribution in [1.82, 2.24) is 13.9 Å². The van der Waals surface area contributed by atoms with Gasteiger partial charge in [0.05, 0.1) is 12.2 Å². The van der Waals surface area contributed by atoms with Crippen LogP contribution in [0.15, 0.2) is 35.7 Å². The molecule has 0 bridgehead atoms. The zero-order chi connectivity index (χ0) is 20.5. The van der Waals surface area contributed by atoms with E-state index in [1.54, 1.807) is 10.8 Å². The summed E-state index contributed by atoms with van der Waals surface area (Å²) in [5.74, 6) is -0.517. The molecule has 1 fully saturated rings. The Bertz CT molecular complexity index is 966. The van der Waals surface area contributed by atoms with E-state index in [-0.39, 0.29) is 29.4 Å². The highest BCUT2D eigenvalue weighted by molar-refractivity contribution is 7.89. The molecule has 1 saturated heterocycles. The first-order chi connectivity index (χ1) is 13.2. The Labute approximate surface area is 166 Å². The summed E-state index contributed by atoms with van der Waals surface area (Å²) in [5, 5.41) is 3.01. The summed E-state index contributed by atoms with van der Waals surface area (Å²) in [5.41, 5.74) is 2.83. The van der Waals surface area contributed by atoms with Crippen LogP contribution in [0, 0.1) is 19.8 Å².